The number of hydrogen-bond acceptors (Lipinski definition) is 3. The van der Waals surface area contributed by atoms with Gasteiger partial charge < -0.3 is 10.2 Å². The summed E-state index contributed by atoms with van der Waals surface area (Å²) < 4.78 is 1.18. The molecule has 0 fully saturated rings. The molecule has 2 aromatic carbocycles. The zero-order chi connectivity index (χ0) is 17.8. The monoisotopic (exact) mass is 374 g/mol. The van der Waals surface area contributed by atoms with Gasteiger partial charge >= 0.3 is 0 Å². The summed E-state index contributed by atoms with van der Waals surface area (Å²) in [5, 5.41) is 4.72. The molecule has 0 radical (unpaired) electrons. The van der Waals surface area contributed by atoms with Crippen molar-refractivity contribution >= 4 is 39.1 Å². The summed E-state index contributed by atoms with van der Waals surface area (Å²) in [6.07, 6.45) is 0. The number of hydrogen-bond donors (Lipinski definition) is 2. The third-order valence-electron chi connectivity index (χ3n) is 4.26. The molecule has 2 N–H and O–H groups in total. The number of carbonyl (C=O) groups excluding carboxylic acids is 1. The van der Waals surface area contributed by atoms with Gasteiger partial charge in [-0.15, -0.1) is 11.3 Å². The normalized spacial score (nSPS) is 13.6. The summed E-state index contributed by atoms with van der Waals surface area (Å²) in [5.74, 6) is 0.0282. The van der Waals surface area contributed by atoms with E-state index in [-0.39, 0.29) is 11.9 Å². The van der Waals surface area contributed by atoms with E-state index in [1.54, 1.807) is 11.3 Å². The van der Waals surface area contributed by atoms with Crippen LogP contribution in [0, 0.1) is 0 Å². The highest BCUT2D eigenvalue weighted by Crippen LogP contribution is 2.24. The smallest absolute Gasteiger partial charge is 0.275 e. The summed E-state index contributed by atoms with van der Waals surface area (Å²) in [6.45, 7) is 3.03. The van der Waals surface area contributed by atoms with Crippen LogP contribution in [0.1, 0.15) is 23.5 Å². The topological polar surface area (TPSA) is 46.4 Å². The number of thiazole rings is 1. The van der Waals surface area contributed by atoms with Crippen LogP contribution >= 0.6 is 22.9 Å². The molecule has 0 bridgehead atoms. The van der Waals surface area contributed by atoms with Crippen molar-refractivity contribution in [3.05, 3.63) is 64.1 Å². The van der Waals surface area contributed by atoms with Gasteiger partial charge in [-0.3, -0.25) is 4.79 Å². The van der Waals surface area contributed by atoms with Gasteiger partial charge in [-0.25, -0.2) is 4.98 Å². The number of rotatable bonds is 6. The first-order valence-electron chi connectivity index (χ1n) is 8.22. The van der Waals surface area contributed by atoms with E-state index in [0.29, 0.717) is 18.1 Å². The number of nitrogens with zero attached hydrogens (tertiary/aromatic N) is 1. The molecule has 2 atom stereocenters. The molecular weight excluding hydrogens is 354 g/mol. The van der Waals surface area contributed by atoms with Gasteiger partial charge in [-0.1, -0.05) is 35.9 Å². The van der Waals surface area contributed by atoms with Crippen LogP contribution in [0.15, 0.2) is 48.5 Å². The highest BCUT2D eigenvalue weighted by Gasteiger charge is 2.21. The summed E-state index contributed by atoms with van der Waals surface area (Å²) >= 11 is 7.57. The fourth-order valence-corrected chi connectivity index (χ4v) is 3.80. The van der Waals surface area contributed by atoms with Crippen molar-refractivity contribution in [1.82, 2.24) is 10.3 Å². The highest BCUT2D eigenvalue weighted by atomic mass is 35.5. The van der Waals surface area contributed by atoms with E-state index < -0.39 is 0 Å². The fourth-order valence-electron chi connectivity index (χ4n) is 2.56. The lowest BCUT2D eigenvalue weighted by Crippen LogP contribution is -3.10. The lowest BCUT2D eigenvalue weighted by atomic mass is 10.2. The Morgan fingerprint density at radius 1 is 1.24 bits per heavy atom. The van der Waals surface area contributed by atoms with E-state index in [1.807, 2.05) is 49.5 Å². The van der Waals surface area contributed by atoms with Gasteiger partial charge in [0.2, 0.25) is 0 Å². The Balaban J connectivity index is 1.55. The van der Waals surface area contributed by atoms with E-state index in [2.05, 4.69) is 18.3 Å². The molecular formula is C19H21ClN3OS+. The van der Waals surface area contributed by atoms with Crippen molar-refractivity contribution in [3.8, 4) is 0 Å². The minimum atomic E-state index is 0.0282. The van der Waals surface area contributed by atoms with Crippen LogP contribution < -0.4 is 10.2 Å². The average Bonchev–Trinajstić information content (AvgIpc) is 3.04. The Kier molecular flexibility index (Phi) is 5.68. The quantitative estimate of drug-likeness (QED) is 0.697. The molecule has 3 aromatic rings. The van der Waals surface area contributed by atoms with Gasteiger partial charge in [-0.2, -0.15) is 0 Å². The van der Waals surface area contributed by atoms with E-state index in [0.717, 1.165) is 21.0 Å². The zero-order valence-electron chi connectivity index (χ0n) is 14.3. The van der Waals surface area contributed by atoms with Crippen LogP contribution in [0.25, 0.3) is 10.2 Å². The molecule has 0 aliphatic rings. The molecule has 6 heteroatoms. The van der Waals surface area contributed by atoms with Crippen LogP contribution in [0.3, 0.4) is 0 Å². The lowest BCUT2D eigenvalue weighted by Gasteiger charge is -2.19. The molecule has 4 nitrogen and oxygen atoms in total. The molecule has 0 saturated carbocycles. The Labute approximate surface area is 156 Å². The SMILES string of the molecule is C[C@@H](c1nc2ccccc2s1)[NH+](C)CC(=O)NCc1ccc(Cl)cc1. The number of halogens is 1. The number of amides is 1. The molecule has 130 valence electrons. The standard InChI is InChI=1S/C19H20ClN3OS/c1-13(19-22-16-5-3-4-6-17(16)25-19)23(2)12-18(24)21-11-14-7-9-15(20)10-8-14/h3-10,13H,11-12H2,1-2H3,(H,21,24)/p+1/t13-/m0/s1. The van der Waals surface area contributed by atoms with Crippen LogP contribution in [-0.4, -0.2) is 24.5 Å². The van der Waals surface area contributed by atoms with Crippen molar-refractivity contribution in [2.45, 2.75) is 19.5 Å². The maximum absolute atomic E-state index is 12.2. The fraction of sp³-hybridized carbons (Fsp3) is 0.263. The number of quaternary nitrogens is 1. The third kappa shape index (κ3) is 4.57. The molecule has 0 saturated heterocycles. The largest absolute Gasteiger partial charge is 0.347 e. The number of aromatic nitrogens is 1. The number of carbonyl (C=O) groups is 1. The molecule has 1 aromatic heterocycles. The second-order valence-electron chi connectivity index (χ2n) is 6.17. The third-order valence-corrected chi connectivity index (χ3v) is 5.73. The second kappa shape index (κ2) is 7.95. The summed E-state index contributed by atoms with van der Waals surface area (Å²) in [6, 6.07) is 15.8. The average molecular weight is 375 g/mol. The van der Waals surface area contributed by atoms with Crippen molar-refractivity contribution in [1.29, 1.82) is 0 Å². The van der Waals surface area contributed by atoms with Gasteiger partial charge in [0.05, 0.1) is 17.3 Å². The number of fused-ring (bicyclic) bond motifs is 1. The zero-order valence-corrected chi connectivity index (χ0v) is 15.8. The molecule has 1 heterocycles. The minimum Gasteiger partial charge on any atom is -0.347 e. The molecule has 1 unspecified atom stereocenters. The Hall–Kier alpha value is -1.95. The Bertz CT molecular complexity index is 829. The van der Waals surface area contributed by atoms with Crippen molar-refractivity contribution in [2.75, 3.05) is 13.6 Å². The van der Waals surface area contributed by atoms with E-state index in [9.17, 15) is 4.79 Å². The molecule has 25 heavy (non-hydrogen) atoms. The van der Waals surface area contributed by atoms with Crippen LogP contribution in [0.5, 0.6) is 0 Å². The van der Waals surface area contributed by atoms with E-state index in [1.165, 1.54) is 4.70 Å². The molecule has 1 amide bonds. The predicted molar refractivity (Wildman–Crippen MR) is 103 cm³/mol. The van der Waals surface area contributed by atoms with Crippen LogP contribution in [-0.2, 0) is 11.3 Å². The van der Waals surface area contributed by atoms with Crippen molar-refractivity contribution in [3.63, 3.8) is 0 Å². The number of likely N-dealkylation sites (N-methyl/N-ethyl adjacent to an activating group) is 1. The minimum absolute atomic E-state index is 0.0282. The van der Waals surface area contributed by atoms with E-state index >= 15 is 0 Å². The first-order chi connectivity index (χ1) is 12.0. The summed E-state index contributed by atoms with van der Waals surface area (Å²) in [5.41, 5.74) is 2.06. The number of benzene rings is 2. The van der Waals surface area contributed by atoms with Crippen molar-refractivity contribution in [2.24, 2.45) is 0 Å². The van der Waals surface area contributed by atoms with Crippen LogP contribution in [0.4, 0.5) is 0 Å². The van der Waals surface area contributed by atoms with E-state index in [4.69, 9.17) is 16.6 Å². The summed E-state index contributed by atoms with van der Waals surface area (Å²) in [7, 11) is 2.03. The summed E-state index contributed by atoms with van der Waals surface area (Å²) in [4.78, 5) is 18.0. The predicted octanol–water partition coefficient (Wildman–Crippen LogP) is 2.84. The molecule has 0 aliphatic carbocycles. The lowest BCUT2D eigenvalue weighted by molar-refractivity contribution is -0.902. The number of para-hydroxylation sites is 1. The number of nitrogens with one attached hydrogen (secondary N) is 2. The first-order valence-corrected chi connectivity index (χ1v) is 9.41. The van der Waals surface area contributed by atoms with Crippen LogP contribution in [0.2, 0.25) is 5.02 Å². The second-order valence-corrected chi connectivity index (χ2v) is 7.67. The maximum Gasteiger partial charge on any atom is 0.275 e. The van der Waals surface area contributed by atoms with Gasteiger partial charge in [0.1, 0.15) is 6.04 Å². The molecule has 0 aliphatic heterocycles. The highest BCUT2D eigenvalue weighted by molar-refractivity contribution is 7.18. The molecule has 3 rings (SSSR count). The molecule has 0 spiro atoms. The first kappa shape index (κ1) is 17.9. The van der Waals surface area contributed by atoms with Gasteiger partial charge in [0.25, 0.3) is 5.91 Å². The van der Waals surface area contributed by atoms with Gasteiger partial charge in [0.15, 0.2) is 11.6 Å². The van der Waals surface area contributed by atoms with Gasteiger partial charge in [-0.05, 0) is 36.8 Å². The van der Waals surface area contributed by atoms with Gasteiger partial charge in [0, 0.05) is 11.6 Å². The van der Waals surface area contributed by atoms with Crippen molar-refractivity contribution < 1.29 is 9.69 Å². The Morgan fingerprint density at radius 2 is 1.96 bits per heavy atom. The maximum atomic E-state index is 12.2. The Morgan fingerprint density at radius 3 is 2.68 bits per heavy atom.